The summed E-state index contributed by atoms with van der Waals surface area (Å²) in [6, 6.07) is 19.7. The number of amides is 1. The minimum atomic E-state index is -0.944. The lowest BCUT2D eigenvalue weighted by Gasteiger charge is -2.11. The first kappa shape index (κ1) is 28.8. The van der Waals surface area contributed by atoms with Gasteiger partial charge in [-0.2, -0.15) is 10.5 Å². The first-order valence-electron chi connectivity index (χ1n) is 11.7. The molecule has 0 unspecified atom stereocenters. The zero-order valence-corrected chi connectivity index (χ0v) is 22.2. The van der Waals surface area contributed by atoms with E-state index in [2.05, 4.69) is 5.32 Å². The quantitative estimate of drug-likeness (QED) is 0.167. The van der Waals surface area contributed by atoms with Crippen LogP contribution < -0.4 is 29.0 Å². The molecular formula is C30H25N3O7. The number of benzene rings is 3. The van der Waals surface area contributed by atoms with Crippen LogP contribution in [0.4, 0.5) is 5.69 Å². The van der Waals surface area contributed by atoms with Gasteiger partial charge in [0.1, 0.15) is 23.3 Å². The van der Waals surface area contributed by atoms with Gasteiger partial charge in [0.15, 0.2) is 28.7 Å². The molecule has 0 fully saturated rings. The van der Waals surface area contributed by atoms with E-state index in [0.717, 1.165) is 0 Å². The summed E-state index contributed by atoms with van der Waals surface area (Å²) in [4.78, 5) is 25.8. The maximum Gasteiger partial charge on any atom is 0.354 e. The number of hydrogen-bond donors (Lipinski definition) is 1. The highest BCUT2D eigenvalue weighted by atomic mass is 16.5. The zero-order chi connectivity index (χ0) is 29.1. The Morgan fingerprint density at radius 1 is 0.675 bits per heavy atom. The van der Waals surface area contributed by atoms with Crippen molar-refractivity contribution in [3.8, 4) is 40.9 Å². The topological polar surface area (TPSA) is 140 Å². The van der Waals surface area contributed by atoms with Crippen LogP contribution >= 0.6 is 0 Å². The summed E-state index contributed by atoms with van der Waals surface area (Å²) < 4.78 is 26.4. The Labute approximate surface area is 231 Å². The highest BCUT2D eigenvalue weighted by Gasteiger charge is 2.18. The van der Waals surface area contributed by atoms with Gasteiger partial charge in [0.05, 0.1) is 34.1 Å². The largest absolute Gasteiger partial charge is 0.493 e. The summed E-state index contributed by atoms with van der Waals surface area (Å²) in [5.41, 5.74) is 0.659. The third kappa shape index (κ3) is 6.97. The Morgan fingerprint density at radius 3 is 1.68 bits per heavy atom. The minimum absolute atomic E-state index is 0.0160. The number of hydrogen-bond acceptors (Lipinski definition) is 9. The molecule has 1 N–H and O–H groups in total. The van der Waals surface area contributed by atoms with Crippen LogP contribution in [0, 0.1) is 22.7 Å². The number of anilines is 1. The first-order valence-corrected chi connectivity index (χ1v) is 11.7. The molecule has 0 saturated heterocycles. The number of carbonyl (C=O) groups excluding carboxylic acids is 2. The maximum atomic E-state index is 12.9. The second kappa shape index (κ2) is 13.7. The van der Waals surface area contributed by atoms with Crippen molar-refractivity contribution in [2.24, 2.45) is 0 Å². The van der Waals surface area contributed by atoms with Crippen molar-refractivity contribution in [2.45, 2.75) is 0 Å². The van der Waals surface area contributed by atoms with E-state index in [1.807, 2.05) is 12.1 Å². The van der Waals surface area contributed by atoms with Gasteiger partial charge in [-0.1, -0.05) is 24.3 Å². The number of methoxy groups -OCH3 is 4. The van der Waals surface area contributed by atoms with Gasteiger partial charge in [-0.25, -0.2) is 4.79 Å². The fourth-order valence-electron chi connectivity index (χ4n) is 3.51. The Morgan fingerprint density at radius 2 is 1.18 bits per heavy atom. The predicted molar refractivity (Wildman–Crippen MR) is 147 cm³/mol. The lowest BCUT2D eigenvalue weighted by atomic mass is 10.1. The fraction of sp³-hybridized carbons (Fsp3) is 0.133. The average Bonchev–Trinajstić information content (AvgIpc) is 2.98. The average molecular weight is 540 g/mol. The van der Waals surface area contributed by atoms with E-state index in [0.29, 0.717) is 34.1 Å². The number of ether oxygens (including phenoxy) is 5. The van der Waals surface area contributed by atoms with Crippen LogP contribution in [0.3, 0.4) is 0 Å². The van der Waals surface area contributed by atoms with Crippen LogP contribution in [0.2, 0.25) is 0 Å². The summed E-state index contributed by atoms with van der Waals surface area (Å²) in [5.74, 6) is 0.142. The molecule has 0 radical (unpaired) electrons. The van der Waals surface area contributed by atoms with Gasteiger partial charge in [-0.05, 0) is 59.7 Å². The van der Waals surface area contributed by atoms with Crippen LogP contribution in [0.25, 0.3) is 12.2 Å². The smallest absolute Gasteiger partial charge is 0.354 e. The Bertz CT molecular complexity index is 1450. The van der Waals surface area contributed by atoms with E-state index in [4.69, 9.17) is 23.7 Å². The van der Waals surface area contributed by atoms with Crippen molar-refractivity contribution >= 4 is 29.7 Å². The normalized spacial score (nSPS) is 10.9. The summed E-state index contributed by atoms with van der Waals surface area (Å²) in [6.45, 7) is 0. The van der Waals surface area contributed by atoms with Crippen molar-refractivity contribution in [1.82, 2.24) is 0 Å². The number of esters is 1. The van der Waals surface area contributed by atoms with Crippen LogP contribution in [-0.2, 0) is 9.59 Å². The molecule has 0 bridgehead atoms. The van der Waals surface area contributed by atoms with Crippen molar-refractivity contribution in [2.75, 3.05) is 33.8 Å². The van der Waals surface area contributed by atoms with E-state index in [1.165, 1.54) is 52.7 Å². The number of rotatable bonds is 10. The van der Waals surface area contributed by atoms with Crippen LogP contribution in [-0.4, -0.2) is 40.3 Å². The van der Waals surface area contributed by atoms with Gasteiger partial charge in [-0.3, -0.25) is 4.79 Å². The van der Waals surface area contributed by atoms with Crippen LogP contribution in [0.1, 0.15) is 11.1 Å². The Hall–Kier alpha value is -5.74. The van der Waals surface area contributed by atoms with Crippen molar-refractivity contribution in [3.05, 3.63) is 82.9 Å². The molecule has 40 heavy (non-hydrogen) atoms. The third-order valence-electron chi connectivity index (χ3n) is 5.48. The monoisotopic (exact) mass is 539 g/mol. The second-order valence-electron chi connectivity index (χ2n) is 7.91. The summed E-state index contributed by atoms with van der Waals surface area (Å²) in [7, 11) is 5.93. The molecule has 0 aliphatic rings. The number of para-hydroxylation sites is 2. The lowest BCUT2D eigenvalue weighted by Crippen LogP contribution is -2.16. The van der Waals surface area contributed by atoms with Crippen molar-refractivity contribution < 1.29 is 33.3 Å². The molecule has 10 nitrogen and oxygen atoms in total. The summed E-state index contributed by atoms with van der Waals surface area (Å²) in [5, 5.41) is 21.8. The van der Waals surface area contributed by atoms with Crippen molar-refractivity contribution in [3.63, 3.8) is 0 Å². The molecule has 3 rings (SSSR count). The molecule has 3 aromatic rings. The number of nitrogens with zero attached hydrogens (tertiary/aromatic N) is 2. The second-order valence-corrected chi connectivity index (χ2v) is 7.91. The molecule has 0 atom stereocenters. The van der Waals surface area contributed by atoms with Gasteiger partial charge in [0, 0.05) is 0 Å². The molecule has 0 aliphatic carbocycles. The molecule has 1 amide bonds. The first-order chi connectivity index (χ1) is 19.4. The van der Waals surface area contributed by atoms with Gasteiger partial charge >= 0.3 is 5.97 Å². The van der Waals surface area contributed by atoms with E-state index >= 15 is 0 Å². The molecule has 0 aliphatic heterocycles. The Kier molecular flexibility index (Phi) is 9.87. The molecule has 10 heteroatoms. The zero-order valence-electron chi connectivity index (χ0n) is 22.2. The van der Waals surface area contributed by atoms with E-state index in [-0.39, 0.29) is 22.6 Å². The van der Waals surface area contributed by atoms with Crippen LogP contribution in [0.5, 0.6) is 28.7 Å². The van der Waals surface area contributed by atoms with Gasteiger partial charge in [0.25, 0.3) is 5.91 Å². The predicted octanol–water partition coefficient (Wildman–Crippen LogP) is 4.78. The molecular weight excluding hydrogens is 514 g/mol. The molecule has 3 aromatic carbocycles. The number of carbonyl (C=O) groups is 2. The highest BCUT2D eigenvalue weighted by molar-refractivity contribution is 6.10. The molecule has 0 spiro atoms. The number of nitrogens with one attached hydrogen (secondary N) is 1. The third-order valence-corrected chi connectivity index (χ3v) is 5.48. The lowest BCUT2D eigenvalue weighted by molar-refractivity contribution is -0.129. The van der Waals surface area contributed by atoms with Gasteiger partial charge in [0.2, 0.25) is 0 Å². The van der Waals surface area contributed by atoms with E-state index in [1.54, 1.807) is 48.5 Å². The standard InChI is InChI=1S/C30H25N3O7/c1-36-25-11-9-19(15-27(25)38-3)13-21(17-31)29(34)33-23-7-5-6-8-24(23)40-30(35)22(18-32)14-20-10-12-26(37-2)28(16-20)39-4/h5-16H,1-4H3,(H,33,34)/b21-13+,22-14+. The van der Waals surface area contributed by atoms with Crippen LogP contribution in [0.15, 0.2) is 71.8 Å². The fourth-order valence-corrected chi connectivity index (χ4v) is 3.51. The van der Waals surface area contributed by atoms with E-state index in [9.17, 15) is 20.1 Å². The van der Waals surface area contributed by atoms with Gasteiger partial charge < -0.3 is 29.0 Å². The van der Waals surface area contributed by atoms with Crippen molar-refractivity contribution in [1.29, 1.82) is 10.5 Å². The minimum Gasteiger partial charge on any atom is -0.493 e. The summed E-state index contributed by atoms with van der Waals surface area (Å²) >= 11 is 0. The van der Waals surface area contributed by atoms with E-state index < -0.39 is 11.9 Å². The highest BCUT2D eigenvalue weighted by Crippen LogP contribution is 2.30. The molecule has 0 saturated carbocycles. The Balaban J connectivity index is 1.83. The SMILES string of the molecule is COc1ccc(/C=C(\C#N)C(=O)Nc2ccccc2OC(=O)/C(C#N)=C/c2ccc(OC)c(OC)c2)cc1OC. The van der Waals surface area contributed by atoms with Gasteiger partial charge in [-0.15, -0.1) is 0 Å². The molecule has 0 heterocycles. The maximum absolute atomic E-state index is 12.9. The summed E-state index contributed by atoms with van der Waals surface area (Å²) in [6.07, 6.45) is 2.72. The molecule has 0 aromatic heterocycles. The number of nitriles is 2. The molecule has 202 valence electrons.